The number of Topliss-reactive ketones (excluding diaryl/α,β-unsaturated/α-hetero) is 1. The molecule has 132 valence electrons. The van der Waals surface area contributed by atoms with Crippen molar-refractivity contribution in [2.75, 3.05) is 59.3 Å². The van der Waals surface area contributed by atoms with Gasteiger partial charge in [-0.3, -0.25) is 9.59 Å². The highest BCUT2D eigenvalue weighted by Crippen LogP contribution is 1.92. The van der Waals surface area contributed by atoms with Gasteiger partial charge in [0.15, 0.2) is 0 Å². The zero-order valence-corrected chi connectivity index (χ0v) is 13.1. The lowest BCUT2D eigenvalue weighted by Crippen LogP contribution is -2.28. The van der Waals surface area contributed by atoms with Gasteiger partial charge in [-0.25, -0.2) is 0 Å². The molecule has 0 fully saturated rings. The van der Waals surface area contributed by atoms with E-state index in [0.717, 1.165) is 0 Å². The maximum absolute atomic E-state index is 11.3. The van der Waals surface area contributed by atoms with E-state index in [-0.39, 0.29) is 18.9 Å². The van der Waals surface area contributed by atoms with Crippen molar-refractivity contribution in [3.05, 3.63) is 10.4 Å². The van der Waals surface area contributed by atoms with Crippen molar-refractivity contribution in [1.82, 2.24) is 5.32 Å². The third kappa shape index (κ3) is 18.2. The Morgan fingerprint density at radius 2 is 1.61 bits per heavy atom. The van der Waals surface area contributed by atoms with Crippen LogP contribution in [0.15, 0.2) is 5.11 Å². The van der Waals surface area contributed by atoms with Crippen molar-refractivity contribution < 1.29 is 28.9 Å². The summed E-state index contributed by atoms with van der Waals surface area (Å²) in [6, 6.07) is 0. The molecule has 23 heavy (non-hydrogen) atoms. The first-order chi connectivity index (χ1) is 11.2. The van der Waals surface area contributed by atoms with Crippen LogP contribution in [0.1, 0.15) is 12.8 Å². The number of carbonyl (C=O) groups excluding carboxylic acids is 1. The van der Waals surface area contributed by atoms with Gasteiger partial charge in [0.25, 0.3) is 0 Å². The monoisotopic (exact) mass is 332 g/mol. The number of hydrogen-bond acceptors (Lipinski definition) is 7. The molecule has 0 aromatic heterocycles. The van der Waals surface area contributed by atoms with Gasteiger partial charge in [0.1, 0.15) is 5.78 Å². The fourth-order valence-corrected chi connectivity index (χ4v) is 1.46. The molecule has 0 aliphatic heterocycles. The molecule has 10 nitrogen and oxygen atoms in total. The average molecular weight is 332 g/mol. The second-order valence-electron chi connectivity index (χ2n) is 4.43. The molecule has 0 rings (SSSR count). The summed E-state index contributed by atoms with van der Waals surface area (Å²) in [7, 11) is 0. The van der Waals surface area contributed by atoms with Crippen molar-refractivity contribution in [3.63, 3.8) is 0 Å². The number of nitrogens with one attached hydrogen (secondary N) is 1. The van der Waals surface area contributed by atoms with Crippen LogP contribution in [-0.2, 0) is 23.8 Å². The van der Waals surface area contributed by atoms with E-state index in [1.54, 1.807) is 0 Å². The van der Waals surface area contributed by atoms with Gasteiger partial charge in [0.05, 0.1) is 46.1 Å². The number of ether oxygens (including phenoxy) is 3. The molecule has 0 amide bonds. The quantitative estimate of drug-likeness (QED) is 0.169. The second-order valence-corrected chi connectivity index (χ2v) is 4.43. The molecule has 0 unspecified atom stereocenters. The molecule has 0 saturated heterocycles. The number of carboxylic acid groups (broad SMARTS) is 1. The molecule has 0 aliphatic carbocycles. The van der Waals surface area contributed by atoms with Gasteiger partial charge in [-0.05, 0) is 12.0 Å². The highest BCUT2D eigenvalue weighted by Gasteiger charge is 2.03. The molecule has 10 heteroatoms. The van der Waals surface area contributed by atoms with E-state index in [0.29, 0.717) is 59.0 Å². The van der Waals surface area contributed by atoms with E-state index in [2.05, 4.69) is 15.3 Å². The molecule has 0 saturated carbocycles. The molecule has 2 N–H and O–H groups in total. The van der Waals surface area contributed by atoms with Gasteiger partial charge < -0.3 is 24.6 Å². The van der Waals surface area contributed by atoms with Crippen LogP contribution in [0.25, 0.3) is 10.4 Å². The zero-order valence-electron chi connectivity index (χ0n) is 13.1. The van der Waals surface area contributed by atoms with Gasteiger partial charge in [-0.2, -0.15) is 0 Å². The minimum Gasteiger partial charge on any atom is -0.480 e. The summed E-state index contributed by atoms with van der Waals surface area (Å²) in [5.74, 6) is -1.02. The van der Waals surface area contributed by atoms with E-state index >= 15 is 0 Å². The number of rotatable bonds is 17. The molecule has 0 aromatic carbocycles. The Morgan fingerprint density at radius 3 is 2.22 bits per heavy atom. The number of nitrogens with zero attached hydrogens (tertiary/aromatic N) is 3. The molecule has 0 bridgehead atoms. The number of ketones is 1. The van der Waals surface area contributed by atoms with Crippen molar-refractivity contribution in [2.45, 2.75) is 12.8 Å². The van der Waals surface area contributed by atoms with Gasteiger partial charge in [-0.15, -0.1) is 0 Å². The third-order valence-corrected chi connectivity index (χ3v) is 2.49. The van der Waals surface area contributed by atoms with Gasteiger partial charge in [-0.1, -0.05) is 5.11 Å². The summed E-state index contributed by atoms with van der Waals surface area (Å²) in [5.41, 5.74) is 8.04. The van der Waals surface area contributed by atoms with Crippen molar-refractivity contribution in [2.24, 2.45) is 5.11 Å². The van der Waals surface area contributed by atoms with E-state index in [4.69, 9.17) is 24.8 Å². The molecule has 0 aliphatic rings. The Hall–Kier alpha value is -1.71. The lowest BCUT2D eigenvalue weighted by atomic mass is 10.2. The standard InChI is InChI=1S/C13H24N4O6/c14-17-16-3-5-22-7-9-23-8-6-21-4-1-2-12(18)10-15-11-13(19)20/h15H,1-11H2,(H,19,20). The SMILES string of the molecule is [N-]=[N+]=NCCOCCOCCOCCCC(=O)CNCC(=O)O. The summed E-state index contributed by atoms with van der Waals surface area (Å²) in [5, 5.41) is 14.3. The van der Waals surface area contributed by atoms with E-state index < -0.39 is 5.97 Å². The molecule has 0 radical (unpaired) electrons. The number of aliphatic carboxylic acids is 1. The Bertz CT molecular complexity index is 373. The lowest BCUT2D eigenvalue weighted by molar-refractivity contribution is -0.135. The topological polar surface area (TPSA) is 143 Å². The van der Waals surface area contributed by atoms with Crippen LogP contribution in [-0.4, -0.2) is 76.1 Å². The number of azide groups is 1. The number of carboxylic acids is 1. The molecule has 0 aromatic rings. The fraction of sp³-hybridized carbons (Fsp3) is 0.846. The van der Waals surface area contributed by atoms with Crippen LogP contribution in [0.2, 0.25) is 0 Å². The lowest BCUT2D eigenvalue weighted by Gasteiger charge is -2.06. The van der Waals surface area contributed by atoms with Crippen LogP contribution >= 0.6 is 0 Å². The summed E-state index contributed by atoms with van der Waals surface area (Å²) in [4.78, 5) is 24.2. The summed E-state index contributed by atoms with van der Waals surface area (Å²) in [6.07, 6.45) is 0.947. The molecule has 0 spiro atoms. The molecule has 0 atom stereocenters. The predicted octanol–water partition coefficient (Wildman–Crippen LogP) is 0.370. The number of carbonyl (C=O) groups is 2. The third-order valence-electron chi connectivity index (χ3n) is 2.49. The maximum atomic E-state index is 11.3. The Morgan fingerprint density at radius 1 is 1.00 bits per heavy atom. The minimum atomic E-state index is -0.984. The van der Waals surface area contributed by atoms with Crippen molar-refractivity contribution in [3.8, 4) is 0 Å². The smallest absolute Gasteiger partial charge is 0.317 e. The minimum absolute atomic E-state index is 0.0380. The largest absolute Gasteiger partial charge is 0.480 e. The van der Waals surface area contributed by atoms with Crippen LogP contribution in [0.4, 0.5) is 0 Å². The first-order valence-corrected chi connectivity index (χ1v) is 7.35. The molecular weight excluding hydrogens is 308 g/mol. The van der Waals surface area contributed by atoms with Crippen molar-refractivity contribution >= 4 is 11.8 Å². The molecular formula is C13H24N4O6. The van der Waals surface area contributed by atoms with Gasteiger partial charge >= 0.3 is 5.97 Å². The average Bonchev–Trinajstić information content (AvgIpc) is 2.51. The summed E-state index contributed by atoms with van der Waals surface area (Å²) >= 11 is 0. The Kier molecular flexibility index (Phi) is 15.4. The van der Waals surface area contributed by atoms with Crippen LogP contribution in [0.5, 0.6) is 0 Å². The second kappa shape index (κ2) is 16.7. The first kappa shape index (κ1) is 21.3. The van der Waals surface area contributed by atoms with E-state index in [9.17, 15) is 9.59 Å². The Balaban J connectivity index is 3.16. The maximum Gasteiger partial charge on any atom is 0.317 e. The van der Waals surface area contributed by atoms with E-state index in [1.807, 2.05) is 0 Å². The van der Waals surface area contributed by atoms with Crippen LogP contribution in [0.3, 0.4) is 0 Å². The summed E-state index contributed by atoms with van der Waals surface area (Å²) in [6.45, 7) is 2.73. The predicted molar refractivity (Wildman–Crippen MR) is 81.2 cm³/mol. The van der Waals surface area contributed by atoms with Crippen LogP contribution in [0, 0.1) is 0 Å². The van der Waals surface area contributed by atoms with Gasteiger partial charge in [0, 0.05) is 24.5 Å². The highest BCUT2D eigenvalue weighted by atomic mass is 16.5. The number of hydrogen-bond donors (Lipinski definition) is 2. The van der Waals surface area contributed by atoms with Gasteiger partial charge in [0.2, 0.25) is 0 Å². The first-order valence-electron chi connectivity index (χ1n) is 7.35. The normalized spacial score (nSPS) is 10.3. The molecule has 0 heterocycles. The highest BCUT2D eigenvalue weighted by molar-refractivity contribution is 5.81. The van der Waals surface area contributed by atoms with E-state index in [1.165, 1.54) is 0 Å². The van der Waals surface area contributed by atoms with Crippen molar-refractivity contribution in [1.29, 1.82) is 0 Å². The van der Waals surface area contributed by atoms with Crippen LogP contribution < -0.4 is 5.32 Å². The Labute approximate surface area is 134 Å². The summed E-state index contributed by atoms with van der Waals surface area (Å²) < 4.78 is 15.7. The fourth-order valence-electron chi connectivity index (χ4n) is 1.46. The zero-order chi connectivity index (χ0) is 17.2.